The molecule has 1 atom stereocenters. The topological polar surface area (TPSA) is 83.6 Å². The predicted octanol–water partition coefficient (Wildman–Crippen LogP) is 2.36. The van der Waals surface area contributed by atoms with Crippen molar-refractivity contribution in [1.29, 1.82) is 0 Å². The second-order valence-electron chi connectivity index (χ2n) is 5.78. The number of amides is 1. The van der Waals surface area contributed by atoms with Gasteiger partial charge in [0.05, 0.1) is 5.92 Å². The largest absolute Gasteiger partial charge is 0.481 e. The van der Waals surface area contributed by atoms with Gasteiger partial charge in [0.2, 0.25) is 5.91 Å². The smallest absolute Gasteiger partial charge is 0.308 e. The van der Waals surface area contributed by atoms with Crippen molar-refractivity contribution < 1.29 is 14.7 Å². The molecule has 0 spiro atoms. The van der Waals surface area contributed by atoms with Gasteiger partial charge in [-0.2, -0.15) is 0 Å². The second-order valence-corrected chi connectivity index (χ2v) is 5.78. The molecule has 0 saturated carbocycles. The van der Waals surface area contributed by atoms with Crippen LogP contribution in [0.5, 0.6) is 0 Å². The minimum atomic E-state index is -0.807. The summed E-state index contributed by atoms with van der Waals surface area (Å²) in [7, 11) is 0. The Morgan fingerprint density at radius 3 is 2.19 bits per heavy atom. The fraction of sp³-hybridized carbons (Fsp3) is 0.500. The third-order valence-electron chi connectivity index (χ3n) is 3.41. The summed E-state index contributed by atoms with van der Waals surface area (Å²) in [6, 6.07) is 6.97. The Hall–Kier alpha value is -2.04. The van der Waals surface area contributed by atoms with Gasteiger partial charge in [0, 0.05) is 24.3 Å². The van der Waals surface area contributed by atoms with Gasteiger partial charge in [-0.15, -0.1) is 0 Å². The molecule has 0 aliphatic rings. The summed E-state index contributed by atoms with van der Waals surface area (Å²) >= 11 is 0. The first kappa shape index (κ1) is 17.0. The maximum absolute atomic E-state index is 11.1. The van der Waals surface area contributed by atoms with Crippen LogP contribution >= 0.6 is 0 Å². The molecule has 5 heteroatoms. The van der Waals surface area contributed by atoms with Crippen LogP contribution in [0.25, 0.3) is 0 Å². The Balaban J connectivity index is 2.88. The lowest BCUT2D eigenvalue weighted by Gasteiger charge is -2.27. The maximum atomic E-state index is 11.1. The number of nitrogens with two attached hydrogens (primary N) is 1. The van der Waals surface area contributed by atoms with E-state index in [0.29, 0.717) is 18.0 Å². The summed E-state index contributed by atoms with van der Waals surface area (Å²) < 4.78 is 0. The highest BCUT2D eigenvalue weighted by atomic mass is 16.4. The molecule has 0 aromatic heterocycles. The van der Waals surface area contributed by atoms with E-state index in [4.69, 9.17) is 10.8 Å². The van der Waals surface area contributed by atoms with Crippen molar-refractivity contribution in [2.75, 3.05) is 18.0 Å². The molecule has 5 nitrogen and oxygen atoms in total. The van der Waals surface area contributed by atoms with Crippen LogP contribution in [0.3, 0.4) is 0 Å². The number of carbonyl (C=O) groups excluding carboxylic acids is 1. The van der Waals surface area contributed by atoms with Gasteiger partial charge >= 0.3 is 5.97 Å². The van der Waals surface area contributed by atoms with Gasteiger partial charge in [-0.3, -0.25) is 9.59 Å². The predicted molar refractivity (Wildman–Crippen MR) is 83.4 cm³/mol. The third-order valence-corrected chi connectivity index (χ3v) is 3.41. The molecule has 0 aliphatic heterocycles. The molecule has 0 heterocycles. The lowest BCUT2D eigenvalue weighted by molar-refractivity contribution is -0.140. The van der Waals surface area contributed by atoms with Gasteiger partial charge in [-0.1, -0.05) is 20.8 Å². The van der Waals surface area contributed by atoms with Crippen LogP contribution in [0.15, 0.2) is 24.3 Å². The highest BCUT2D eigenvalue weighted by Crippen LogP contribution is 2.18. The number of primary amides is 1. The van der Waals surface area contributed by atoms with Gasteiger partial charge in [0.15, 0.2) is 0 Å². The van der Waals surface area contributed by atoms with E-state index in [1.165, 1.54) is 0 Å². The number of hydrogen-bond acceptors (Lipinski definition) is 3. The van der Waals surface area contributed by atoms with Crippen LogP contribution in [0.4, 0.5) is 5.69 Å². The number of anilines is 1. The summed E-state index contributed by atoms with van der Waals surface area (Å²) in [5.41, 5.74) is 6.59. The summed E-state index contributed by atoms with van der Waals surface area (Å²) in [6.45, 7) is 7.19. The van der Waals surface area contributed by atoms with E-state index < -0.39 is 17.8 Å². The number of rotatable bonds is 8. The molecule has 1 aromatic carbocycles. The van der Waals surface area contributed by atoms with E-state index in [1.54, 1.807) is 19.1 Å². The second kappa shape index (κ2) is 7.67. The Morgan fingerprint density at radius 1 is 1.19 bits per heavy atom. The number of hydrogen-bond donors (Lipinski definition) is 2. The van der Waals surface area contributed by atoms with Gasteiger partial charge in [0.25, 0.3) is 0 Å². The SMILES string of the molecule is CC(C)CCN(CC(C)C(=O)O)c1ccc(C(N)=O)cc1. The Morgan fingerprint density at radius 2 is 1.76 bits per heavy atom. The summed E-state index contributed by atoms with van der Waals surface area (Å²) in [4.78, 5) is 24.2. The van der Waals surface area contributed by atoms with Gasteiger partial charge < -0.3 is 15.7 Å². The Labute approximate surface area is 125 Å². The van der Waals surface area contributed by atoms with E-state index in [0.717, 1.165) is 18.7 Å². The summed E-state index contributed by atoms with van der Waals surface area (Å²) in [6.07, 6.45) is 0.976. The first-order valence-electron chi connectivity index (χ1n) is 7.19. The van der Waals surface area contributed by atoms with Crippen LogP contribution in [-0.4, -0.2) is 30.1 Å². The highest BCUT2D eigenvalue weighted by molar-refractivity contribution is 5.93. The zero-order chi connectivity index (χ0) is 16.0. The maximum Gasteiger partial charge on any atom is 0.308 e. The molecule has 1 aromatic rings. The van der Waals surface area contributed by atoms with Crippen molar-refractivity contribution in [2.24, 2.45) is 17.6 Å². The minimum absolute atomic E-state index is 0.442. The normalized spacial score (nSPS) is 12.2. The quantitative estimate of drug-likeness (QED) is 0.770. The first-order chi connectivity index (χ1) is 9.81. The molecule has 0 bridgehead atoms. The van der Waals surface area contributed by atoms with E-state index in [9.17, 15) is 9.59 Å². The monoisotopic (exact) mass is 292 g/mol. The molecule has 116 valence electrons. The average Bonchev–Trinajstić information content (AvgIpc) is 2.42. The number of benzene rings is 1. The number of carboxylic acid groups (broad SMARTS) is 1. The van der Waals surface area contributed by atoms with E-state index in [1.807, 2.05) is 17.0 Å². The summed E-state index contributed by atoms with van der Waals surface area (Å²) in [5, 5.41) is 9.08. The standard InChI is InChI=1S/C16H24N2O3/c1-11(2)8-9-18(10-12(3)16(20)21)14-6-4-13(5-7-14)15(17)19/h4-7,11-12H,8-10H2,1-3H3,(H2,17,19)(H,20,21). The lowest BCUT2D eigenvalue weighted by atomic mass is 10.1. The molecule has 21 heavy (non-hydrogen) atoms. The molecule has 0 radical (unpaired) electrons. The molecular formula is C16H24N2O3. The van der Waals surface area contributed by atoms with Crippen LogP contribution in [-0.2, 0) is 4.79 Å². The van der Waals surface area contributed by atoms with Gasteiger partial charge in [-0.25, -0.2) is 0 Å². The highest BCUT2D eigenvalue weighted by Gasteiger charge is 2.17. The number of aliphatic carboxylic acids is 1. The third kappa shape index (κ3) is 5.45. The number of carboxylic acids is 1. The van der Waals surface area contributed by atoms with Gasteiger partial charge in [-0.05, 0) is 36.6 Å². The minimum Gasteiger partial charge on any atom is -0.481 e. The Bertz CT molecular complexity index is 483. The lowest BCUT2D eigenvalue weighted by Crippen LogP contribution is -2.33. The van der Waals surface area contributed by atoms with Crippen molar-refractivity contribution in [3.8, 4) is 0 Å². The van der Waals surface area contributed by atoms with Crippen molar-refractivity contribution in [3.63, 3.8) is 0 Å². The van der Waals surface area contributed by atoms with E-state index in [2.05, 4.69) is 13.8 Å². The molecule has 0 saturated heterocycles. The molecule has 0 fully saturated rings. The molecule has 3 N–H and O–H groups in total. The zero-order valence-electron chi connectivity index (χ0n) is 12.9. The van der Waals surface area contributed by atoms with Crippen molar-refractivity contribution in [3.05, 3.63) is 29.8 Å². The molecular weight excluding hydrogens is 268 g/mol. The van der Waals surface area contributed by atoms with Crippen molar-refractivity contribution in [1.82, 2.24) is 0 Å². The molecule has 1 amide bonds. The molecule has 1 unspecified atom stereocenters. The van der Waals surface area contributed by atoms with Crippen LogP contribution < -0.4 is 10.6 Å². The van der Waals surface area contributed by atoms with Crippen molar-refractivity contribution >= 4 is 17.6 Å². The van der Waals surface area contributed by atoms with Crippen molar-refractivity contribution in [2.45, 2.75) is 27.2 Å². The fourth-order valence-electron chi connectivity index (χ4n) is 1.99. The van der Waals surface area contributed by atoms with E-state index >= 15 is 0 Å². The van der Waals surface area contributed by atoms with Crippen LogP contribution in [0.2, 0.25) is 0 Å². The zero-order valence-corrected chi connectivity index (χ0v) is 12.9. The van der Waals surface area contributed by atoms with Crippen LogP contribution in [0.1, 0.15) is 37.6 Å². The van der Waals surface area contributed by atoms with E-state index in [-0.39, 0.29) is 0 Å². The number of carbonyl (C=O) groups is 2. The van der Waals surface area contributed by atoms with Gasteiger partial charge in [0.1, 0.15) is 0 Å². The first-order valence-corrected chi connectivity index (χ1v) is 7.19. The van der Waals surface area contributed by atoms with Crippen LogP contribution in [0, 0.1) is 11.8 Å². The molecule has 1 rings (SSSR count). The average molecular weight is 292 g/mol. The Kier molecular flexibility index (Phi) is 6.21. The summed E-state index contributed by atoms with van der Waals surface area (Å²) in [5.74, 6) is -1.18. The molecule has 0 aliphatic carbocycles. The fourth-order valence-corrected chi connectivity index (χ4v) is 1.99. The number of nitrogens with zero attached hydrogens (tertiary/aromatic N) is 1.